The molecule has 0 bridgehead atoms. The molecule has 3 aromatic rings. The van der Waals surface area contributed by atoms with E-state index in [2.05, 4.69) is 15.0 Å². The van der Waals surface area contributed by atoms with E-state index in [0.29, 0.717) is 11.6 Å². The molecule has 12 heteroatoms. The number of nitrogens with one attached hydrogen (secondary N) is 1. The Morgan fingerprint density at radius 2 is 2.16 bits per heavy atom. The van der Waals surface area contributed by atoms with Crippen LogP contribution in [0.3, 0.4) is 0 Å². The highest BCUT2D eigenvalue weighted by atomic mass is 32.2. The number of hydrogen-bond donors (Lipinski definition) is 2. The van der Waals surface area contributed by atoms with Gasteiger partial charge in [0.05, 0.1) is 12.4 Å². The molecule has 3 heterocycles. The van der Waals surface area contributed by atoms with Crippen LogP contribution in [0.5, 0.6) is 0 Å². The van der Waals surface area contributed by atoms with Crippen molar-refractivity contribution in [2.75, 3.05) is 36.6 Å². The van der Waals surface area contributed by atoms with Gasteiger partial charge in [0.1, 0.15) is 22.0 Å². The minimum absolute atomic E-state index is 0.0217. The van der Waals surface area contributed by atoms with Crippen molar-refractivity contribution in [3.8, 4) is 0 Å². The number of nitrogens with zero attached hydrogens (tertiary/aromatic N) is 4. The maximum atomic E-state index is 13.1. The number of anilines is 2. The summed E-state index contributed by atoms with van der Waals surface area (Å²) < 4.78 is 6.39. The molecule has 0 aliphatic rings. The molecule has 10 nitrogen and oxygen atoms in total. The number of nitrogens with two attached hydrogens (primary N) is 1. The Hall–Kier alpha value is -2.70. The van der Waals surface area contributed by atoms with E-state index in [1.165, 1.54) is 46.0 Å². The van der Waals surface area contributed by atoms with Gasteiger partial charge in [0.25, 0.3) is 5.56 Å². The molecule has 31 heavy (non-hydrogen) atoms. The molecule has 0 spiro atoms. The maximum absolute atomic E-state index is 13.1. The first-order valence-corrected chi connectivity index (χ1v) is 11.4. The lowest BCUT2D eigenvalue weighted by Crippen LogP contribution is -2.43. The Balaban J connectivity index is 1.92. The number of nitrogen functional groups attached to an aromatic ring is 1. The standard InChI is InChI=1S/C19H24N6O4S2/c1-11(2)8-25-15(20)14(16(27)23-19(25)28)24(5-6-29-3)13(26)9-31-18-12-4-7-30-17(12)21-10-22-18/h4,7,10-11H,5-6,8-9,20H2,1-3H3,(H,23,27,28). The van der Waals surface area contributed by atoms with Crippen molar-refractivity contribution in [2.45, 2.75) is 25.4 Å². The third-order valence-corrected chi connectivity index (χ3v) is 6.22. The number of methoxy groups -OCH3 is 1. The van der Waals surface area contributed by atoms with E-state index in [1.807, 2.05) is 25.3 Å². The van der Waals surface area contributed by atoms with Crippen molar-refractivity contribution in [1.29, 1.82) is 0 Å². The Bertz CT molecular complexity index is 1190. The van der Waals surface area contributed by atoms with E-state index in [0.717, 1.165) is 10.2 Å². The summed E-state index contributed by atoms with van der Waals surface area (Å²) in [6.45, 7) is 4.47. The van der Waals surface area contributed by atoms with Gasteiger partial charge in [-0.15, -0.1) is 11.3 Å². The van der Waals surface area contributed by atoms with Crippen LogP contribution in [0.1, 0.15) is 13.8 Å². The zero-order chi connectivity index (χ0) is 22.5. The number of carbonyl (C=O) groups excluding carboxylic acids is 1. The van der Waals surface area contributed by atoms with E-state index < -0.39 is 11.2 Å². The van der Waals surface area contributed by atoms with Crippen LogP contribution in [0.25, 0.3) is 10.2 Å². The summed E-state index contributed by atoms with van der Waals surface area (Å²) in [5.41, 5.74) is 4.83. The predicted molar refractivity (Wildman–Crippen MR) is 123 cm³/mol. The number of rotatable bonds is 9. The Labute approximate surface area is 186 Å². The number of hydrogen-bond acceptors (Lipinski definition) is 9. The summed E-state index contributed by atoms with van der Waals surface area (Å²) in [7, 11) is 1.50. The second kappa shape index (κ2) is 10.1. The number of ether oxygens (including phenoxy) is 1. The summed E-state index contributed by atoms with van der Waals surface area (Å²) >= 11 is 2.74. The van der Waals surface area contributed by atoms with Gasteiger partial charge in [-0.1, -0.05) is 25.6 Å². The minimum atomic E-state index is -0.709. The van der Waals surface area contributed by atoms with E-state index >= 15 is 0 Å². The van der Waals surface area contributed by atoms with Crippen molar-refractivity contribution in [3.05, 3.63) is 38.6 Å². The number of amides is 1. The van der Waals surface area contributed by atoms with Crippen LogP contribution < -0.4 is 21.9 Å². The van der Waals surface area contributed by atoms with Crippen molar-refractivity contribution in [1.82, 2.24) is 19.5 Å². The van der Waals surface area contributed by atoms with Crippen LogP contribution in [-0.4, -0.2) is 51.4 Å². The summed E-state index contributed by atoms with van der Waals surface area (Å²) in [5.74, 6) is -0.258. The zero-order valence-corrected chi connectivity index (χ0v) is 19.1. The lowest BCUT2D eigenvalue weighted by molar-refractivity contribution is -0.116. The third kappa shape index (κ3) is 5.14. The molecule has 0 saturated heterocycles. The normalized spacial score (nSPS) is 11.4. The molecule has 3 rings (SSSR count). The highest BCUT2D eigenvalue weighted by Crippen LogP contribution is 2.28. The molecule has 0 fully saturated rings. The first-order chi connectivity index (χ1) is 14.8. The van der Waals surface area contributed by atoms with Gasteiger partial charge in [-0.2, -0.15) is 0 Å². The molecule has 0 aliphatic heterocycles. The van der Waals surface area contributed by atoms with Gasteiger partial charge in [-0.3, -0.25) is 19.1 Å². The summed E-state index contributed by atoms with van der Waals surface area (Å²) in [6.07, 6.45) is 1.46. The van der Waals surface area contributed by atoms with E-state index in [4.69, 9.17) is 10.5 Å². The first-order valence-electron chi connectivity index (χ1n) is 9.56. The average molecular weight is 465 g/mol. The molecule has 3 N–H and O–H groups in total. The van der Waals surface area contributed by atoms with Gasteiger partial charge in [0.2, 0.25) is 5.91 Å². The maximum Gasteiger partial charge on any atom is 0.330 e. The topological polar surface area (TPSA) is 136 Å². The van der Waals surface area contributed by atoms with Crippen LogP contribution in [0.15, 0.2) is 32.4 Å². The van der Waals surface area contributed by atoms with Crippen molar-refractivity contribution >= 4 is 50.7 Å². The van der Waals surface area contributed by atoms with Gasteiger partial charge in [-0.25, -0.2) is 14.8 Å². The van der Waals surface area contributed by atoms with Gasteiger partial charge in [-0.05, 0) is 17.4 Å². The fourth-order valence-electron chi connectivity index (χ4n) is 3.02. The summed E-state index contributed by atoms with van der Waals surface area (Å²) in [6, 6.07) is 1.90. The van der Waals surface area contributed by atoms with Gasteiger partial charge in [0.15, 0.2) is 5.69 Å². The molecule has 0 radical (unpaired) electrons. The molecule has 0 saturated carbocycles. The second-order valence-corrected chi connectivity index (χ2v) is 9.00. The van der Waals surface area contributed by atoms with Gasteiger partial charge >= 0.3 is 5.69 Å². The van der Waals surface area contributed by atoms with Crippen LogP contribution in [0.2, 0.25) is 0 Å². The number of thiophene rings is 1. The van der Waals surface area contributed by atoms with E-state index in [-0.39, 0.29) is 42.2 Å². The number of thioether (sulfide) groups is 1. The Morgan fingerprint density at radius 3 is 2.87 bits per heavy atom. The molecule has 1 amide bonds. The van der Waals surface area contributed by atoms with Crippen LogP contribution in [0, 0.1) is 5.92 Å². The number of aromatic amines is 1. The Kier molecular flexibility index (Phi) is 7.46. The van der Waals surface area contributed by atoms with Crippen molar-refractivity contribution < 1.29 is 9.53 Å². The summed E-state index contributed by atoms with van der Waals surface area (Å²) in [4.78, 5) is 50.8. The average Bonchev–Trinajstić information content (AvgIpc) is 3.21. The molecule has 166 valence electrons. The van der Waals surface area contributed by atoms with Crippen LogP contribution in [0.4, 0.5) is 11.5 Å². The molecular weight excluding hydrogens is 440 g/mol. The smallest absolute Gasteiger partial charge is 0.330 e. The van der Waals surface area contributed by atoms with Crippen molar-refractivity contribution in [2.24, 2.45) is 5.92 Å². The lowest BCUT2D eigenvalue weighted by Gasteiger charge is -2.24. The molecule has 3 aromatic heterocycles. The molecule has 0 aliphatic carbocycles. The lowest BCUT2D eigenvalue weighted by atomic mass is 10.2. The quantitative estimate of drug-likeness (QED) is 0.360. The first kappa shape index (κ1) is 23.0. The molecule has 0 atom stereocenters. The molecule has 0 unspecified atom stereocenters. The minimum Gasteiger partial charge on any atom is -0.383 e. The molecular formula is C19H24N6O4S2. The number of H-pyrrole nitrogens is 1. The monoisotopic (exact) mass is 464 g/mol. The third-order valence-electron chi connectivity index (χ3n) is 4.41. The number of fused-ring (bicyclic) bond motifs is 1. The predicted octanol–water partition coefficient (Wildman–Crippen LogP) is 1.55. The van der Waals surface area contributed by atoms with Gasteiger partial charge < -0.3 is 15.4 Å². The SMILES string of the molecule is COCCN(C(=O)CSc1ncnc2sccc12)c1c(N)n(CC(C)C)c(=O)[nH]c1=O. The zero-order valence-electron chi connectivity index (χ0n) is 17.5. The Morgan fingerprint density at radius 1 is 1.39 bits per heavy atom. The van der Waals surface area contributed by atoms with E-state index in [9.17, 15) is 14.4 Å². The number of carbonyl (C=O) groups is 1. The highest BCUT2D eigenvalue weighted by molar-refractivity contribution is 8.00. The largest absolute Gasteiger partial charge is 0.383 e. The highest BCUT2D eigenvalue weighted by Gasteiger charge is 2.25. The van der Waals surface area contributed by atoms with E-state index in [1.54, 1.807) is 0 Å². The fraction of sp³-hybridized carbons (Fsp3) is 0.421. The second-order valence-electron chi connectivity index (χ2n) is 7.14. The van der Waals surface area contributed by atoms with Crippen molar-refractivity contribution in [3.63, 3.8) is 0 Å². The van der Waals surface area contributed by atoms with Crippen LogP contribution >= 0.6 is 23.1 Å². The fourth-order valence-corrected chi connectivity index (χ4v) is 4.67. The van der Waals surface area contributed by atoms with Gasteiger partial charge in [0, 0.05) is 25.6 Å². The summed E-state index contributed by atoms with van der Waals surface area (Å²) in [5, 5.41) is 3.46. The number of aromatic nitrogens is 4. The molecule has 0 aromatic carbocycles. The van der Waals surface area contributed by atoms with Crippen LogP contribution in [-0.2, 0) is 16.1 Å².